The van der Waals surface area contributed by atoms with Crippen LogP contribution in [0, 0.1) is 11.6 Å². The normalized spacial score (nSPS) is 17.8. The highest BCUT2D eigenvalue weighted by atomic mass is 19.1. The Hall–Kier alpha value is -3.34. The summed E-state index contributed by atoms with van der Waals surface area (Å²) in [5, 5.41) is 10.2. The zero-order valence-electron chi connectivity index (χ0n) is 20.7. The van der Waals surface area contributed by atoms with Crippen LogP contribution in [-0.2, 0) is 6.54 Å². The number of piperidine rings is 1. The lowest BCUT2D eigenvalue weighted by Gasteiger charge is -2.53. The van der Waals surface area contributed by atoms with Crippen molar-refractivity contribution in [2.45, 2.75) is 64.2 Å². The van der Waals surface area contributed by atoms with E-state index in [9.17, 15) is 8.78 Å². The maximum atomic E-state index is 14.6. The standard InChI is InChI=1S/C24H32F2N8O/c1-23(2)11-18(12-24(3,4)33(23)5)30-21-20(26)13-28-22(32-21)31-17-8-16(25)9-19(10-17)35-7-6-34-15-27-14-29-34/h8-10,13-15,18H,6-7,11-12H2,1-5H3,(H2,28,30,31,32). The summed E-state index contributed by atoms with van der Waals surface area (Å²) < 4.78 is 36.0. The molecule has 1 fully saturated rings. The van der Waals surface area contributed by atoms with Crippen LogP contribution < -0.4 is 15.4 Å². The molecular weight excluding hydrogens is 454 g/mol. The van der Waals surface area contributed by atoms with Gasteiger partial charge in [-0.3, -0.25) is 4.90 Å². The van der Waals surface area contributed by atoms with Gasteiger partial charge < -0.3 is 15.4 Å². The van der Waals surface area contributed by atoms with Crippen molar-refractivity contribution >= 4 is 17.5 Å². The number of hydrogen-bond donors (Lipinski definition) is 2. The Morgan fingerprint density at radius 3 is 2.54 bits per heavy atom. The van der Waals surface area contributed by atoms with E-state index in [1.807, 2.05) is 0 Å². The van der Waals surface area contributed by atoms with Crippen molar-refractivity contribution in [3.8, 4) is 5.75 Å². The molecule has 1 aromatic carbocycles. The van der Waals surface area contributed by atoms with Gasteiger partial charge in [0.15, 0.2) is 11.6 Å². The van der Waals surface area contributed by atoms with Gasteiger partial charge in [-0.1, -0.05) is 0 Å². The van der Waals surface area contributed by atoms with E-state index in [4.69, 9.17) is 4.74 Å². The number of nitrogens with zero attached hydrogens (tertiary/aromatic N) is 6. The van der Waals surface area contributed by atoms with Crippen LogP contribution in [0.1, 0.15) is 40.5 Å². The first-order chi connectivity index (χ1) is 16.5. The van der Waals surface area contributed by atoms with Crippen LogP contribution in [0.2, 0.25) is 0 Å². The third kappa shape index (κ3) is 6.02. The molecule has 3 heterocycles. The summed E-state index contributed by atoms with van der Waals surface area (Å²) >= 11 is 0. The SMILES string of the molecule is CN1C(C)(C)CC(Nc2nc(Nc3cc(F)cc(OCCn4cncn4)c3)ncc2F)CC1(C)C. The average Bonchev–Trinajstić information content (AvgIpc) is 3.27. The van der Waals surface area contributed by atoms with E-state index in [1.165, 1.54) is 18.5 Å². The number of benzene rings is 1. The quantitative estimate of drug-likeness (QED) is 0.489. The van der Waals surface area contributed by atoms with Gasteiger partial charge in [-0.05, 0) is 53.7 Å². The third-order valence-electron chi connectivity index (χ3n) is 6.58. The molecule has 0 unspecified atom stereocenters. The predicted molar refractivity (Wildman–Crippen MR) is 130 cm³/mol. The summed E-state index contributed by atoms with van der Waals surface area (Å²) in [6.45, 7) is 9.49. The Morgan fingerprint density at radius 2 is 1.86 bits per heavy atom. The molecule has 2 N–H and O–H groups in total. The van der Waals surface area contributed by atoms with Crippen molar-refractivity contribution in [2.24, 2.45) is 0 Å². The number of hydrogen-bond acceptors (Lipinski definition) is 8. The predicted octanol–water partition coefficient (Wildman–Crippen LogP) is 4.23. The molecule has 11 heteroatoms. The minimum atomic E-state index is -0.540. The zero-order valence-corrected chi connectivity index (χ0v) is 20.7. The first-order valence-corrected chi connectivity index (χ1v) is 11.6. The number of ether oxygens (including phenoxy) is 1. The molecule has 0 amide bonds. The Labute approximate surface area is 203 Å². The van der Waals surface area contributed by atoms with Crippen LogP contribution in [0.4, 0.5) is 26.2 Å². The summed E-state index contributed by atoms with van der Waals surface area (Å²) in [5.41, 5.74) is 0.270. The van der Waals surface area contributed by atoms with Gasteiger partial charge in [0.05, 0.1) is 12.7 Å². The fraction of sp³-hybridized carbons (Fsp3) is 0.500. The van der Waals surface area contributed by atoms with Crippen LogP contribution >= 0.6 is 0 Å². The molecular formula is C24H32F2N8O. The second-order valence-electron chi connectivity index (χ2n) is 10.1. The molecule has 0 spiro atoms. The van der Waals surface area contributed by atoms with Crippen molar-refractivity contribution in [2.75, 3.05) is 24.3 Å². The van der Waals surface area contributed by atoms with Crippen LogP contribution in [-0.4, -0.2) is 60.4 Å². The molecule has 0 aliphatic carbocycles. The summed E-state index contributed by atoms with van der Waals surface area (Å²) in [7, 11) is 2.12. The first-order valence-electron chi connectivity index (χ1n) is 11.6. The first kappa shape index (κ1) is 24.8. The highest BCUT2D eigenvalue weighted by molar-refractivity contribution is 5.57. The fourth-order valence-electron chi connectivity index (χ4n) is 4.65. The van der Waals surface area contributed by atoms with Crippen LogP contribution in [0.25, 0.3) is 0 Å². The van der Waals surface area contributed by atoms with Gasteiger partial charge in [0.1, 0.15) is 30.8 Å². The van der Waals surface area contributed by atoms with Crippen molar-refractivity contribution < 1.29 is 13.5 Å². The largest absolute Gasteiger partial charge is 0.491 e. The Balaban J connectivity index is 1.45. The van der Waals surface area contributed by atoms with Crippen LogP contribution in [0.5, 0.6) is 5.75 Å². The summed E-state index contributed by atoms with van der Waals surface area (Å²) in [6, 6.07) is 4.25. The van der Waals surface area contributed by atoms with Gasteiger partial charge in [-0.25, -0.2) is 23.4 Å². The number of rotatable bonds is 8. The van der Waals surface area contributed by atoms with E-state index in [0.717, 1.165) is 19.0 Å². The smallest absolute Gasteiger partial charge is 0.229 e. The summed E-state index contributed by atoms with van der Waals surface area (Å²) in [5.74, 6) is -0.420. The van der Waals surface area contributed by atoms with Gasteiger partial charge in [-0.2, -0.15) is 10.1 Å². The van der Waals surface area contributed by atoms with Gasteiger partial charge in [-0.15, -0.1) is 0 Å². The maximum Gasteiger partial charge on any atom is 0.229 e. The van der Waals surface area contributed by atoms with E-state index in [0.29, 0.717) is 18.0 Å². The van der Waals surface area contributed by atoms with E-state index in [-0.39, 0.29) is 35.5 Å². The minimum Gasteiger partial charge on any atom is -0.491 e. The molecule has 1 aliphatic rings. The second kappa shape index (κ2) is 9.73. The van der Waals surface area contributed by atoms with E-state index >= 15 is 0 Å². The molecule has 4 rings (SSSR count). The van der Waals surface area contributed by atoms with Gasteiger partial charge >= 0.3 is 0 Å². The molecule has 0 radical (unpaired) electrons. The topological polar surface area (TPSA) is 93.0 Å². The van der Waals surface area contributed by atoms with E-state index in [1.54, 1.807) is 17.1 Å². The lowest BCUT2D eigenvalue weighted by Crippen LogP contribution is -2.61. The highest BCUT2D eigenvalue weighted by Gasteiger charge is 2.43. The Bertz CT molecular complexity index is 1130. The van der Waals surface area contributed by atoms with Gasteiger partial charge in [0, 0.05) is 34.9 Å². The molecule has 1 saturated heterocycles. The lowest BCUT2D eigenvalue weighted by molar-refractivity contribution is -0.00778. The molecule has 2 aromatic heterocycles. The van der Waals surface area contributed by atoms with Gasteiger partial charge in [0.2, 0.25) is 5.95 Å². The molecule has 0 atom stereocenters. The number of likely N-dealkylation sites (tertiary alicyclic amines) is 1. The molecule has 3 aromatic rings. The molecule has 1 aliphatic heterocycles. The van der Waals surface area contributed by atoms with Crippen molar-refractivity contribution in [3.63, 3.8) is 0 Å². The molecule has 35 heavy (non-hydrogen) atoms. The van der Waals surface area contributed by atoms with Crippen molar-refractivity contribution in [1.82, 2.24) is 29.6 Å². The number of aromatic nitrogens is 5. The second-order valence-corrected chi connectivity index (χ2v) is 10.1. The Kier molecular flexibility index (Phi) is 6.88. The molecule has 9 nitrogen and oxygen atoms in total. The van der Waals surface area contributed by atoms with Crippen molar-refractivity contribution in [1.29, 1.82) is 0 Å². The average molecular weight is 487 g/mol. The molecule has 188 valence electrons. The van der Waals surface area contributed by atoms with Crippen molar-refractivity contribution in [3.05, 3.63) is 48.7 Å². The summed E-state index contributed by atoms with van der Waals surface area (Å²) in [4.78, 5) is 14.6. The molecule has 0 saturated carbocycles. The zero-order chi connectivity index (χ0) is 25.2. The van der Waals surface area contributed by atoms with Gasteiger partial charge in [0.25, 0.3) is 0 Å². The monoisotopic (exact) mass is 486 g/mol. The Morgan fingerprint density at radius 1 is 1.11 bits per heavy atom. The van der Waals surface area contributed by atoms with Crippen LogP contribution in [0.3, 0.4) is 0 Å². The van der Waals surface area contributed by atoms with E-state index < -0.39 is 11.6 Å². The lowest BCUT2D eigenvalue weighted by atomic mass is 9.77. The minimum absolute atomic E-state index is 0.0348. The third-order valence-corrected chi connectivity index (χ3v) is 6.58. The number of anilines is 3. The fourth-order valence-corrected chi connectivity index (χ4v) is 4.65. The van der Waals surface area contributed by atoms with Crippen LogP contribution in [0.15, 0.2) is 37.1 Å². The molecule has 0 bridgehead atoms. The highest BCUT2D eigenvalue weighted by Crippen LogP contribution is 2.38. The van der Waals surface area contributed by atoms with E-state index in [2.05, 4.69) is 70.3 Å². The summed E-state index contributed by atoms with van der Waals surface area (Å²) in [6.07, 6.45) is 5.78. The number of halogens is 2. The maximum absolute atomic E-state index is 14.6. The number of nitrogens with one attached hydrogen (secondary N) is 2.